The average molecular weight is 513 g/mol. The minimum Gasteiger partial charge on any atom is -0.478 e. The number of aromatic amines is 1. The van der Waals surface area contributed by atoms with E-state index in [-0.39, 0.29) is 17.2 Å². The quantitative estimate of drug-likeness (QED) is 0.339. The number of nitrogens with one attached hydrogen (secondary N) is 2. The number of benzene rings is 1. The van der Waals surface area contributed by atoms with Gasteiger partial charge in [-0.15, -0.1) is 0 Å². The predicted molar refractivity (Wildman–Crippen MR) is 146 cm³/mol. The van der Waals surface area contributed by atoms with Gasteiger partial charge in [-0.05, 0) is 76.3 Å². The molecule has 9 nitrogen and oxygen atoms in total. The van der Waals surface area contributed by atoms with Crippen molar-refractivity contribution in [1.82, 2.24) is 19.6 Å². The average Bonchev–Trinajstić information content (AvgIpc) is 3.52. The van der Waals surface area contributed by atoms with Crippen LogP contribution >= 0.6 is 0 Å². The number of carboxylic acids is 1. The van der Waals surface area contributed by atoms with Gasteiger partial charge in [-0.1, -0.05) is 12.1 Å². The van der Waals surface area contributed by atoms with Crippen molar-refractivity contribution in [1.29, 1.82) is 0 Å². The van der Waals surface area contributed by atoms with Crippen molar-refractivity contribution in [3.8, 4) is 0 Å². The first-order chi connectivity index (χ1) is 18.3. The van der Waals surface area contributed by atoms with E-state index in [0.29, 0.717) is 34.9 Å². The van der Waals surface area contributed by atoms with Crippen LogP contribution in [0.5, 0.6) is 0 Å². The van der Waals surface area contributed by atoms with Crippen LogP contribution in [0.4, 0.5) is 11.5 Å². The zero-order valence-corrected chi connectivity index (χ0v) is 21.8. The summed E-state index contributed by atoms with van der Waals surface area (Å²) in [7, 11) is 0. The molecule has 3 aromatic heterocycles. The van der Waals surface area contributed by atoms with E-state index in [1.54, 1.807) is 22.6 Å². The fraction of sp³-hybridized carbons (Fsp3) is 0.379. The first-order valence-electron chi connectivity index (χ1n) is 13.2. The van der Waals surface area contributed by atoms with Crippen LogP contribution in [0.2, 0.25) is 0 Å². The number of para-hydroxylation sites is 1. The van der Waals surface area contributed by atoms with Gasteiger partial charge in [0.25, 0.3) is 5.56 Å². The summed E-state index contributed by atoms with van der Waals surface area (Å²) >= 11 is 0. The molecule has 0 amide bonds. The lowest BCUT2D eigenvalue weighted by molar-refractivity contribution is 0.0698. The van der Waals surface area contributed by atoms with Gasteiger partial charge in [0.05, 0.1) is 17.2 Å². The summed E-state index contributed by atoms with van der Waals surface area (Å²) in [6, 6.07) is 11.3. The summed E-state index contributed by atoms with van der Waals surface area (Å²) in [5, 5.41) is 20.3. The van der Waals surface area contributed by atoms with Gasteiger partial charge in [0.15, 0.2) is 0 Å². The summed E-state index contributed by atoms with van der Waals surface area (Å²) in [5.41, 5.74) is 4.90. The molecule has 4 aromatic rings. The Labute approximate surface area is 220 Å². The largest absolute Gasteiger partial charge is 0.478 e. The van der Waals surface area contributed by atoms with E-state index in [0.717, 1.165) is 42.6 Å². The van der Waals surface area contributed by atoms with Gasteiger partial charge in [-0.2, -0.15) is 5.10 Å². The number of rotatable bonds is 6. The highest BCUT2D eigenvalue weighted by molar-refractivity contribution is 5.94. The van der Waals surface area contributed by atoms with Crippen molar-refractivity contribution >= 4 is 23.1 Å². The van der Waals surface area contributed by atoms with E-state index in [1.165, 1.54) is 5.69 Å². The van der Waals surface area contributed by atoms with Crippen LogP contribution in [-0.4, -0.2) is 42.7 Å². The zero-order chi connectivity index (χ0) is 26.6. The number of aromatic nitrogens is 4. The number of H-pyrrole nitrogens is 1. The molecule has 3 N–H and O–H groups in total. The molecule has 3 atom stereocenters. The molecule has 196 valence electrons. The second-order valence-electron chi connectivity index (χ2n) is 10.7. The standard InChI is InChI=1S/C29H32N6O3/c1-16-12-23(18(3)31-25-7-5-4-6-22(25)29(37)38)27-32-26(17(2)28(36)34(27)15-16)35-20-8-9-21(35)14-19(13-20)24-10-11-30-33-24/h4-7,10-12,15,18-21,31H,8-9,13-14H2,1-3H3,(H,30,33)(H,37,38)/t18-,19?,20?,21?/m1/s1. The van der Waals surface area contributed by atoms with Gasteiger partial charge in [0.2, 0.25) is 0 Å². The number of aromatic carboxylic acids is 1. The third kappa shape index (κ3) is 4.02. The van der Waals surface area contributed by atoms with E-state index in [1.807, 2.05) is 45.3 Å². The fourth-order valence-corrected chi connectivity index (χ4v) is 6.43. The second-order valence-corrected chi connectivity index (χ2v) is 10.7. The molecule has 2 aliphatic heterocycles. The number of fused-ring (bicyclic) bond motifs is 3. The van der Waals surface area contributed by atoms with Crippen LogP contribution in [0.15, 0.2) is 53.6 Å². The van der Waals surface area contributed by atoms with E-state index in [2.05, 4.69) is 26.5 Å². The predicted octanol–water partition coefficient (Wildman–Crippen LogP) is 4.82. The van der Waals surface area contributed by atoms with Gasteiger partial charge >= 0.3 is 5.97 Å². The number of hydrogen-bond donors (Lipinski definition) is 3. The molecule has 2 saturated heterocycles. The normalized spacial score (nSPS) is 21.6. The third-order valence-corrected chi connectivity index (χ3v) is 8.22. The molecular weight excluding hydrogens is 480 g/mol. The minimum absolute atomic E-state index is 0.0665. The number of pyridine rings is 1. The maximum Gasteiger partial charge on any atom is 0.337 e. The highest BCUT2D eigenvalue weighted by atomic mass is 16.4. The van der Waals surface area contributed by atoms with E-state index in [9.17, 15) is 14.7 Å². The minimum atomic E-state index is -0.990. The molecule has 2 unspecified atom stereocenters. The Kier molecular flexibility index (Phi) is 5.93. The maximum absolute atomic E-state index is 13.7. The Balaban J connectivity index is 1.41. The van der Waals surface area contributed by atoms with Gasteiger partial charge < -0.3 is 15.3 Å². The van der Waals surface area contributed by atoms with Crippen molar-refractivity contribution in [3.63, 3.8) is 0 Å². The Bertz CT molecular complexity index is 1560. The number of anilines is 2. The molecule has 0 radical (unpaired) electrons. The third-order valence-electron chi connectivity index (χ3n) is 8.22. The number of carboxylic acid groups (broad SMARTS) is 1. The van der Waals surface area contributed by atoms with Gasteiger partial charge in [-0.3, -0.25) is 14.3 Å². The first-order valence-corrected chi connectivity index (χ1v) is 13.2. The van der Waals surface area contributed by atoms with Crippen molar-refractivity contribution in [2.45, 2.75) is 70.5 Å². The van der Waals surface area contributed by atoms with Crippen LogP contribution in [0.1, 0.15) is 77.3 Å². The van der Waals surface area contributed by atoms with Crippen molar-refractivity contribution in [3.05, 3.63) is 87.1 Å². The molecule has 0 spiro atoms. The summed E-state index contributed by atoms with van der Waals surface area (Å²) in [4.78, 5) is 33.0. The van der Waals surface area contributed by atoms with Crippen LogP contribution in [-0.2, 0) is 0 Å². The van der Waals surface area contributed by atoms with Crippen molar-refractivity contribution in [2.24, 2.45) is 0 Å². The summed E-state index contributed by atoms with van der Waals surface area (Å²) in [6.45, 7) is 5.81. The SMILES string of the molecule is Cc1cc([C@@H](C)Nc2ccccc2C(=O)O)c2nc(N3C4CCC3CC(c3ccn[nH]3)C4)c(C)c(=O)n2c1. The van der Waals surface area contributed by atoms with E-state index in [4.69, 9.17) is 4.98 Å². The lowest BCUT2D eigenvalue weighted by atomic mass is 9.88. The second kappa shape index (κ2) is 9.31. The Morgan fingerprint density at radius 2 is 1.89 bits per heavy atom. The molecule has 5 heterocycles. The van der Waals surface area contributed by atoms with Gasteiger partial charge in [0, 0.05) is 47.3 Å². The Morgan fingerprint density at radius 1 is 1.16 bits per heavy atom. The lowest BCUT2D eigenvalue weighted by Crippen LogP contribution is -2.44. The maximum atomic E-state index is 13.7. The van der Waals surface area contributed by atoms with Crippen LogP contribution in [0.25, 0.3) is 5.65 Å². The molecule has 2 bridgehead atoms. The molecule has 9 heteroatoms. The van der Waals surface area contributed by atoms with E-state index >= 15 is 0 Å². The monoisotopic (exact) mass is 512 g/mol. The molecule has 1 aromatic carbocycles. The molecule has 0 aliphatic carbocycles. The highest BCUT2D eigenvalue weighted by Gasteiger charge is 2.43. The Hall–Kier alpha value is -4.14. The smallest absolute Gasteiger partial charge is 0.337 e. The molecule has 0 saturated carbocycles. The summed E-state index contributed by atoms with van der Waals surface area (Å²) in [5.74, 6) is 0.217. The molecule has 38 heavy (non-hydrogen) atoms. The molecule has 6 rings (SSSR count). The molecular formula is C29H32N6O3. The number of hydrogen-bond acceptors (Lipinski definition) is 6. The van der Waals surface area contributed by atoms with Crippen molar-refractivity contribution in [2.75, 3.05) is 10.2 Å². The van der Waals surface area contributed by atoms with Crippen LogP contribution < -0.4 is 15.8 Å². The van der Waals surface area contributed by atoms with E-state index < -0.39 is 5.97 Å². The lowest BCUT2D eigenvalue weighted by Gasteiger charge is -2.40. The number of carbonyl (C=O) groups is 1. The topological polar surface area (TPSA) is 116 Å². The molecule has 2 aliphatic rings. The van der Waals surface area contributed by atoms with Crippen LogP contribution in [0.3, 0.4) is 0 Å². The van der Waals surface area contributed by atoms with Gasteiger partial charge in [0.1, 0.15) is 11.5 Å². The first kappa shape index (κ1) is 24.2. The zero-order valence-electron chi connectivity index (χ0n) is 21.8. The fourth-order valence-electron chi connectivity index (χ4n) is 6.43. The van der Waals surface area contributed by atoms with Crippen LogP contribution in [0, 0.1) is 13.8 Å². The summed E-state index contributed by atoms with van der Waals surface area (Å²) < 4.78 is 1.64. The highest BCUT2D eigenvalue weighted by Crippen LogP contribution is 2.45. The summed E-state index contributed by atoms with van der Waals surface area (Å²) in [6.07, 6.45) is 7.82. The Morgan fingerprint density at radius 3 is 2.58 bits per heavy atom. The van der Waals surface area contributed by atoms with Crippen molar-refractivity contribution < 1.29 is 9.90 Å². The van der Waals surface area contributed by atoms with Gasteiger partial charge in [-0.25, -0.2) is 9.78 Å². The number of piperidine rings is 1. The molecule has 2 fully saturated rings. The number of nitrogens with zero attached hydrogens (tertiary/aromatic N) is 4. The number of aryl methyl sites for hydroxylation is 1.